The lowest BCUT2D eigenvalue weighted by atomic mass is 9.96. The molecule has 0 spiro atoms. The summed E-state index contributed by atoms with van der Waals surface area (Å²) in [5, 5.41) is 3.42. The topological polar surface area (TPSA) is 35.6 Å². The van der Waals surface area contributed by atoms with Crippen molar-refractivity contribution in [1.29, 1.82) is 0 Å². The molecule has 20 heavy (non-hydrogen) atoms. The van der Waals surface area contributed by atoms with Crippen LogP contribution in [0.2, 0.25) is 0 Å². The van der Waals surface area contributed by atoms with Crippen LogP contribution >= 0.6 is 0 Å². The van der Waals surface area contributed by atoms with Gasteiger partial charge in [-0.3, -0.25) is 4.79 Å². The molecule has 1 aromatic rings. The number of hydrogen-bond acceptors (Lipinski definition) is 3. The maximum Gasteiger partial charge on any atom is 0.245 e. The van der Waals surface area contributed by atoms with Crippen LogP contribution < -0.4 is 5.32 Å². The van der Waals surface area contributed by atoms with Gasteiger partial charge in [0, 0.05) is 31.4 Å². The second-order valence-corrected chi connectivity index (χ2v) is 6.04. The predicted octanol–water partition coefficient (Wildman–Crippen LogP) is 1.58. The Balaban J connectivity index is 1.70. The zero-order valence-corrected chi connectivity index (χ0v) is 12.3. The molecule has 0 aliphatic carbocycles. The second-order valence-electron chi connectivity index (χ2n) is 6.04. The molecular weight excluding hydrogens is 250 g/mol. The van der Waals surface area contributed by atoms with Crippen molar-refractivity contribution in [2.45, 2.75) is 31.8 Å². The van der Waals surface area contributed by atoms with E-state index in [0.29, 0.717) is 6.04 Å². The minimum absolute atomic E-state index is 0.0595. The summed E-state index contributed by atoms with van der Waals surface area (Å²) in [4.78, 5) is 17.1. The molecule has 1 aromatic carbocycles. The van der Waals surface area contributed by atoms with Crippen LogP contribution in [-0.2, 0) is 11.2 Å². The third kappa shape index (κ3) is 2.52. The third-order valence-electron chi connectivity index (χ3n) is 4.46. The van der Waals surface area contributed by atoms with E-state index in [1.54, 1.807) is 0 Å². The van der Waals surface area contributed by atoms with Gasteiger partial charge >= 0.3 is 0 Å². The quantitative estimate of drug-likeness (QED) is 0.844. The molecule has 0 aromatic heterocycles. The normalized spacial score (nSPS) is 26.8. The van der Waals surface area contributed by atoms with E-state index in [9.17, 15) is 4.79 Å². The Morgan fingerprint density at radius 1 is 1.30 bits per heavy atom. The van der Waals surface area contributed by atoms with Gasteiger partial charge in [-0.2, -0.15) is 0 Å². The van der Waals surface area contributed by atoms with Gasteiger partial charge in [0.25, 0.3) is 0 Å². The molecule has 0 bridgehead atoms. The van der Waals surface area contributed by atoms with E-state index < -0.39 is 0 Å². The van der Waals surface area contributed by atoms with Gasteiger partial charge in [-0.15, -0.1) is 0 Å². The molecule has 0 radical (unpaired) electrons. The largest absolute Gasteiger partial charge is 0.373 e. The van der Waals surface area contributed by atoms with E-state index in [0.717, 1.165) is 38.2 Å². The second kappa shape index (κ2) is 5.44. The van der Waals surface area contributed by atoms with Crippen LogP contribution in [0.1, 0.15) is 18.9 Å². The fraction of sp³-hybridized carbons (Fsp3) is 0.562. The van der Waals surface area contributed by atoms with E-state index >= 15 is 0 Å². The zero-order chi connectivity index (χ0) is 14.1. The molecule has 1 amide bonds. The summed E-state index contributed by atoms with van der Waals surface area (Å²) in [5.74, 6) is 0.264. The number of fused-ring (bicyclic) bond motifs is 1. The summed E-state index contributed by atoms with van der Waals surface area (Å²) in [6.45, 7) is 4.93. The molecule has 2 heterocycles. The molecule has 4 heteroatoms. The first-order chi connectivity index (χ1) is 9.65. The maximum atomic E-state index is 12.7. The van der Waals surface area contributed by atoms with Crippen molar-refractivity contribution < 1.29 is 4.79 Å². The Hall–Kier alpha value is -1.55. The highest BCUT2D eigenvalue weighted by Gasteiger charge is 2.32. The van der Waals surface area contributed by atoms with Crippen LogP contribution in [0.3, 0.4) is 0 Å². The average molecular weight is 273 g/mol. The number of piperazine rings is 1. The van der Waals surface area contributed by atoms with E-state index in [-0.39, 0.29) is 11.9 Å². The smallest absolute Gasteiger partial charge is 0.245 e. The molecule has 108 valence electrons. The molecule has 2 aliphatic rings. The van der Waals surface area contributed by atoms with Crippen molar-refractivity contribution >= 4 is 11.6 Å². The molecule has 2 unspecified atom stereocenters. The van der Waals surface area contributed by atoms with Gasteiger partial charge in [-0.25, -0.2) is 0 Å². The first kappa shape index (κ1) is 13.4. The van der Waals surface area contributed by atoms with Gasteiger partial charge < -0.3 is 15.1 Å². The summed E-state index contributed by atoms with van der Waals surface area (Å²) in [7, 11) is 2.12. The van der Waals surface area contributed by atoms with Crippen LogP contribution in [0.5, 0.6) is 0 Å². The first-order valence-corrected chi connectivity index (χ1v) is 7.48. The first-order valence-electron chi connectivity index (χ1n) is 7.48. The molecule has 1 N–H and O–H groups in total. The van der Waals surface area contributed by atoms with Gasteiger partial charge in [0.1, 0.15) is 6.04 Å². The van der Waals surface area contributed by atoms with Crippen LogP contribution in [-0.4, -0.2) is 54.5 Å². The lowest BCUT2D eigenvalue weighted by Gasteiger charge is -2.40. The highest BCUT2D eigenvalue weighted by atomic mass is 16.2. The van der Waals surface area contributed by atoms with Crippen molar-refractivity contribution in [2.24, 2.45) is 0 Å². The van der Waals surface area contributed by atoms with Crippen molar-refractivity contribution in [3.8, 4) is 0 Å². The number of carbonyl (C=O) groups excluding carboxylic acids is 1. The number of carbonyl (C=O) groups is 1. The van der Waals surface area contributed by atoms with E-state index in [1.165, 1.54) is 5.56 Å². The van der Waals surface area contributed by atoms with Crippen molar-refractivity contribution in [2.75, 3.05) is 32.0 Å². The molecule has 1 fully saturated rings. The summed E-state index contributed by atoms with van der Waals surface area (Å²) >= 11 is 0. The van der Waals surface area contributed by atoms with Crippen LogP contribution in [0.25, 0.3) is 0 Å². The summed E-state index contributed by atoms with van der Waals surface area (Å²) < 4.78 is 0. The van der Waals surface area contributed by atoms with Gasteiger partial charge in [0.15, 0.2) is 0 Å². The molecular formula is C16H23N3O. The van der Waals surface area contributed by atoms with E-state index in [4.69, 9.17) is 0 Å². The van der Waals surface area contributed by atoms with Gasteiger partial charge in [-0.1, -0.05) is 18.2 Å². The summed E-state index contributed by atoms with van der Waals surface area (Å²) in [6.07, 6.45) is 1.89. The van der Waals surface area contributed by atoms with Crippen LogP contribution in [0.4, 0.5) is 5.69 Å². The standard InChI is InChI=1S/C16H23N3O/c1-12-11-18(2)9-10-19(12)16(20)15-8-7-13-5-3-4-6-14(13)17-15/h3-6,12,15,17H,7-11H2,1-2H3. The third-order valence-corrected chi connectivity index (χ3v) is 4.46. The van der Waals surface area contributed by atoms with Crippen molar-refractivity contribution in [1.82, 2.24) is 9.80 Å². The highest BCUT2D eigenvalue weighted by Crippen LogP contribution is 2.25. The molecule has 0 saturated carbocycles. The molecule has 1 saturated heterocycles. The number of nitrogens with zero attached hydrogens (tertiary/aromatic N) is 2. The van der Waals surface area contributed by atoms with Crippen LogP contribution in [0, 0.1) is 0 Å². The Labute approximate surface area is 120 Å². The van der Waals surface area contributed by atoms with E-state index in [2.05, 4.69) is 42.4 Å². The number of likely N-dealkylation sites (N-methyl/N-ethyl adjacent to an activating group) is 1. The van der Waals surface area contributed by atoms with Crippen LogP contribution in [0.15, 0.2) is 24.3 Å². The number of anilines is 1. The highest BCUT2D eigenvalue weighted by molar-refractivity contribution is 5.86. The zero-order valence-electron chi connectivity index (χ0n) is 12.3. The number of aryl methyl sites for hydroxylation is 1. The maximum absolute atomic E-state index is 12.7. The fourth-order valence-electron chi connectivity index (χ4n) is 3.29. The van der Waals surface area contributed by atoms with E-state index in [1.807, 2.05) is 11.0 Å². The monoisotopic (exact) mass is 273 g/mol. The van der Waals surface area contributed by atoms with Gasteiger partial charge in [-0.05, 0) is 38.4 Å². The minimum Gasteiger partial charge on any atom is -0.373 e. The number of rotatable bonds is 1. The van der Waals surface area contributed by atoms with Crippen molar-refractivity contribution in [3.05, 3.63) is 29.8 Å². The Morgan fingerprint density at radius 2 is 2.10 bits per heavy atom. The average Bonchev–Trinajstić information content (AvgIpc) is 2.46. The van der Waals surface area contributed by atoms with Gasteiger partial charge in [0.2, 0.25) is 5.91 Å². The SMILES string of the molecule is CC1CN(C)CCN1C(=O)C1CCc2ccccc2N1. The molecule has 2 aliphatic heterocycles. The number of amides is 1. The molecule has 2 atom stereocenters. The lowest BCUT2D eigenvalue weighted by molar-refractivity contribution is -0.136. The molecule has 3 rings (SSSR count). The Morgan fingerprint density at radius 3 is 2.90 bits per heavy atom. The number of nitrogens with one attached hydrogen (secondary N) is 1. The Bertz CT molecular complexity index is 502. The van der Waals surface area contributed by atoms with Crippen molar-refractivity contribution in [3.63, 3.8) is 0 Å². The van der Waals surface area contributed by atoms with Gasteiger partial charge in [0.05, 0.1) is 0 Å². The lowest BCUT2D eigenvalue weighted by Crippen LogP contribution is -2.56. The summed E-state index contributed by atoms with van der Waals surface area (Å²) in [5.41, 5.74) is 2.45. The molecule has 4 nitrogen and oxygen atoms in total. The summed E-state index contributed by atoms with van der Waals surface area (Å²) in [6, 6.07) is 8.54. The fourth-order valence-corrected chi connectivity index (χ4v) is 3.29. The Kier molecular flexibility index (Phi) is 3.66. The number of hydrogen-bond donors (Lipinski definition) is 1. The predicted molar refractivity (Wildman–Crippen MR) is 80.8 cm³/mol. The minimum atomic E-state index is -0.0595. The number of benzene rings is 1. The number of para-hydroxylation sites is 1.